The number of hydrogen-bond acceptors (Lipinski definition) is 1. The van der Waals surface area contributed by atoms with Gasteiger partial charge in [0.25, 0.3) is 0 Å². The Hall–Kier alpha value is -1.06. The summed E-state index contributed by atoms with van der Waals surface area (Å²) in [5.41, 5.74) is 0.626. The minimum atomic E-state index is -4.19. The molecule has 2 N–H and O–H groups in total. The number of benzene rings is 1. The first kappa shape index (κ1) is 19.0. The van der Waals surface area contributed by atoms with Gasteiger partial charge in [-0.05, 0) is 18.1 Å². The smallest absolute Gasteiger partial charge is 0.356 e. The zero-order valence-corrected chi connectivity index (χ0v) is 14.3. The first-order valence-corrected chi connectivity index (χ1v) is 6.69. The van der Waals surface area contributed by atoms with Crippen LogP contribution in [0.2, 0.25) is 0 Å². The van der Waals surface area contributed by atoms with Crippen LogP contribution in [0.25, 0.3) is 0 Å². The number of guanidine groups is 1. The molecule has 0 radical (unpaired) electrons. The van der Waals surface area contributed by atoms with Gasteiger partial charge in [0.2, 0.25) is 0 Å². The molecule has 1 aromatic carbocycles. The van der Waals surface area contributed by atoms with E-state index in [1.54, 1.807) is 18.2 Å². The third-order valence-corrected chi connectivity index (χ3v) is 3.34. The molecular formula is C14H18F4IN3. The molecule has 0 bridgehead atoms. The second-order valence-corrected chi connectivity index (χ2v) is 4.98. The minimum absolute atomic E-state index is 0. The summed E-state index contributed by atoms with van der Waals surface area (Å²) in [6.45, 7) is -0.236. The second-order valence-electron chi connectivity index (χ2n) is 4.98. The normalized spacial score (nSPS) is 21.0. The van der Waals surface area contributed by atoms with Crippen molar-refractivity contribution in [1.29, 1.82) is 0 Å². The van der Waals surface area contributed by atoms with Crippen molar-refractivity contribution in [3.8, 4) is 0 Å². The molecular weight excluding hydrogens is 413 g/mol. The molecule has 8 heteroatoms. The molecule has 2 atom stereocenters. The number of nitrogens with zero attached hydrogens (tertiary/aromatic N) is 1. The van der Waals surface area contributed by atoms with Crippen LogP contribution in [-0.4, -0.2) is 31.8 Å². The molecule has 0 heterocycles. The van der Waals surface area contributed by atoms with Crippen molar-refractivity contribution in [1.82, 2.24) is 10.6 Å². The Kier molecular flexibility index (Phi) is 6.89. The molecule has 0 spiro atoms. The molecule has 0 saturated heterocycles. The van der Waals surface area contributed by atoms with E-state index >= 15 is 0 Å². The number of aliphatic imine (C=N–C) groups is 1. The molecule has 124 valence electrons. The first-order valence-electron chi connectivity index (χ1n) is 6.69. The number of alkyl halides is 3. The van der Waals surface area contributed by atoms with Gasteiger partial charge in [0.15, 0.2) is 5.96 Å². The summed E-state index contributed by atoms with van der Waals surface area (Å²) in [6.07, 6.45) is -4.38. The van der Waals surface area contributed by atoms with E-state index in [-0.39, 0.29) is 48.3 Å². The van der Waals surface area contributed by atoms with E-state index in [0.29, 0.717) is 11.5 Å². The molecule has 1 aromatic rings. The summed E-state index contributed by atoms with van der Waals surface area (Å²) in [7, 11) is 1.49. The molecule has 0 aromatic heterocycles. The Labute approximate surface area is 143 Å². The Morgan fingerprint density at radius 2 is 2.00 bits per heavy atom. The van der Waals surface area contributed by atoms with Gasteiger partial charge >= 0.3 is 6.18 Å². The van der Waals surface area contributed by atoms with E-state index in [4.69, 9.17) is 0 Å². The van der Waals surface area contributed by atoms with E-state index in [1.807, 2.05) is 0 Å². The number of hydrogen-bond donors (Lipinski definition) is 2. The van der Waals surface area contributed by atoms with Gasteiger partial charge in [-0.1, -0.05) is 18.2 Å². The van der Waals surface area contributed by atoms with Crippen LogP contribution < -0.4 is 10.6 Å². The minimum Gasteiger partial charge on any atom is -0.356 e. The summed E-state index contributed by atoms with van der Waals surface area (Å²) in [5.74, 6) is 0.0854. The van der Waals surface area contributed by atoms with Crippen molar-refractivity contribution in [2.24, 2.45) is 4.99 Å². The lowest BCUT2D eigenvalue weighted by molar-refractivity contribution is -0.132. The zero-order valence-electron chi connectivity index (χ0n) is 12.0. The topological polar surface area (TPSA) is 36.4 Å². The van der Waals surface area contributed by atoms with Gasteiger partial charge in [0.05, 0.1) is 6.42 Å². The third-order valence-electron chi connectivity index (χ3n) is 3.34. The Morgan fingerprint density at radius 3 is 2.59 bits per heavy atom. The number of nitrogens with one attached hydrogen (secondary N) is 2. The van der Waals surface area contributed by atoms with Gasteiger partial charge in [-0.3, -0.25) is 4.99 Å². The highest BCUT2D eigenvalue weighted by molar-refractivity contribution is 14.0. The third kappa shape index (κ3) is 5.62. The monoisotopic (exact) mass is 431 g/mol. The standard InChI is InChI=1S/C14H17F4N3.HI/c1-19-13(20-7-6-14(16,17)18)21-12-8-10(12)9-4-2-3-5-11(9)15;/h2-5,10,12H,6-8H2,1H3,(H2,19,20,21);1H. The van der Waals surface area contributed by atoms with Gasteiger partial charge in [0, 0.05) is 25.6 Å². The summed E-state index contributed by atoms with van der Waals surface area (Å²) in [6, 6.07) is 6.52. The summed E-state index contributed by atoms with van der Waals surface area (Å²) < 4.78 is 49.8. The predicted octanol–water partition coefficient (Wildman–Crippen LogP) is 3.42. The van der Waals surface area contributed by atoms with Crippen LogP contribution in [-0.2, 0) is 0 Å². The van der Waals surface area contributed by atoms with E-state index in [0.717, 1.165) is 6.42 Å². The summed E-state index contributed by atoms with van der Waals surface area (Å²) in [5, 5.41) is 5.62. The van der Waals surface area contributed by atoms with Crippen LogP contribution in [0.15, 0.2) is 29.3 Å². The van der Waals surface area contributed by atoms with Gasteiger partial charge in [-0.2, -0.15) is 13.2 Å². The van der Waals surface area contributed by atoms with Crippen LogP contribution >= 0.6 is 24.0 Å². The predicted molar refractivity (Wildman–Crippen MR) is 88.1 cm³/mol. The van der Waals surface area contributed by atoms with Crippen LogP contribution in [0, 0.1) is 5.82 Å². The van der Waals surface area contributed by atoms with Crippen LogP contribution in [0.4, 0.5) is 17.6 Å². The fourth-order valence-corrected chi connectivity index (χ4v) is 2.17. The van der Waals surface area contributed by atoms with E-state index in [9.17, 15) is 17.6 Å². The molecule has 2 rings (SSSR count). The average Bonchev–Trinajstić information content (AvgIpc) is 3.16. The van der Waals surface area contributed by atoms with E-state index in [2.05, 4.69) is 15.6 Å². The highest BCUT2D eigenvalue weighted by Gasteiger charge is 2.40. The maximum Gasteiger partial charge on any atom is 0.390 e. The van der Waals surface area contributed by atoms with Crippen LogP contribution in [0.3, 0.4) is 0 Å². The van der Waals surface area contributed by atoms with Crippen molar-refractivity contribution in [2.45, 2.75) is 31.0 Å². The molecule has 22 heavy (non-hydrogen) atoms. The highest BCUT2D eigenvalue weighted by atomic mass is 127. The van der Waals surface area contributed by atoms with E-state index < -0.39 is 12.6 Å². The molecule has 0 aliphatic heterocycles. The molecule has 0 amide bonds. The quantitative estimate of drug-likeness (QED) is 0.332. The average molecular weight is 431 g/mol. The second kappa shape index (κ2) is 7.98. The lowest BCUT2D eigenvalue weighted by atomic mass is 10.1. The van der Waals surface area contributed by atoms with Gasteiger partial charge in [-0.25, -0.2) is 4.39 Å². The van der Waals surface area contributed by atoms with Crippen molar-refractivity contribution < 1.29 is 17.6 Å². The van der Waals surface area contributed by atoms with Crippen LogP contribution in [0.1, 0.15) is 24.3 Å². The Bertz CT molecular complexity index is 519. The van der Waals surface area contributed by atoms with Crippen LogP contribution in [0.5, 0.6) is 0 Å². The molecule has 1 fully saturated rings. The molecule has 3 nitrogen and oxygen atoms in total. The maximum absolute atomic E-state index is 13.6. The fraction of sp³-hybridized carbons (Fsp3) is 0.500. The van der Waals surface area contributed by atoms with Gasteiger partial charge in [0.1, 0.15) is 5.82 Å². The van der Waals surface area contributed by atoms with Crippen molar-refractivity contribution in [3.05, 3.63) is 35.6 Å². The van der Waals surface area contributed by atoms with Crippen molar-refractivity contribution >= 4 is 29.9 Å². The maximum atomic E-state index is 13.6. The lowest BCUT2D eigenvalue weighted by Gasteiger charge is -2.13. The van der Waals surface area contributed by atoms with Gasteiger partial charge in [-0.15, -0.1) is 24.0 Å². The number of halogens is 5. The molecule has 1 aliphatic carbocycles. The van der Waals surface area contributed by atoms with Crippen molar-refractivity contribution in [3.63, 3.8) is 0 Å². The SMILES string of the molecule is CN=C(NCCC(F)(F)F)NC1CC1c1ccccc1F.I. The fourth-order valence-electron chi connectivity index (χ4n) is 2.17. The highest BCUT2D eigenvalue weighted by Crippen LogP contribution is 2.41. The largest absolute Gasteiger partial charge is 0.390 e. The molecule has 2 unspecified atom stereocenters. The summed E-state index contributed by atoms with van der Waals surface area (Å²) in [4.78, 5) is 3.87. The Balaban J connectivity index is 0.00000242. The van der Waals surface area contributed by atoms with Crippen molar-refractivity contribution in [2.75, 3.05) is 13.6 Å². The van der Waals surface area contributed by atoms with E-state index in [1.165, 1.54) is 13.1 Å². The lowest BCUT2D eigenvalue weighted by Crippen LogP contribution is -2.40. The Morgan fingerprint density at radius 1 is 1.32 bits per heavy atom. The first-order chi connectivity index (χ1) is 9.90. The molecule has 1 aliphatic rings. The zero-order chi connectivity index (χ0) is 15.5. The number of rotatable bonds is 4. The van der Waals surface area contributed by atoms with Gasteiger partial charge < -0.3 is 10.6 Å². The molecule has 1 saturated carbocycles. The summed E-state index contributed by atoms with van der Waals surface area (Å²) >= 11 is 0.